The number of thioether (sulfide) groups is 1. The molecular formula is C15H24N4O2S2. The number of rotatable bonds is 7. The number of hydrogen-bond acceptors (Lipinski definition) is 6. The van der Waals surface area contributed by atoms with Crippen molar-refractivity contribution in [3.8, 4) is 0 Å². The van der Waals surface area contributed by atoms with E-state index in [9.17, 15) is 9.59 Å². The van der Waals surface area contributed by atoms with E-state index in [-0.39, 0.29) is 17.6 Å². The molecule has 1 aromatic heterocycles. The maximum absolute atomic E-state index is 12.2. The lowest BCUT2D eigenvalue weighted by molar-refractivity contribution is -0.117. The topological polar surface area (TPSA) is 97.1 Å². The van der Waals surface area contributed by atoms with Crippen molar-refractivity contribution in [3.05, 3.63) is 5.69 Å². The molecule has 23 heavy (non-hydrogen) atoms. The minimum atomic E-state index is -0.358. The summed E-state index contributed by atoms with van der Waals surface area (Å²) >= 11 is 2.75. The van der Waals surface area contributed by atoms with Crippen LogP contribution in [0.4, 0.5) is 5.13 Å². The maximum atomic E-state index is 12.2. The zero-order chi connectivity index (χ0) is 16.8. The molecule has 1 fully saturated rings. The molecule has 2 heterocycles. The minimum Gasteiger partial charge on any atom is -0.369 e. The molecule has 1 saturated heterocycles. The zero-order valence-corrected chi connectivity index (χ0v) is 15.2. The molecule has 0 radical (unpaired) electrons. The van der Waals surface area contributed by atoms with Gasteiger partial charge in [-0.05, 0) is 44.7 Å². The summed E-state index contributed by atoms with van der Waals surface area (Å²) in [5, 5.41) is 6.86. The first-order chi connectivity index (χ1) is 11.0. The molecule has 0 bridgehead atoms. The lowest BCUT2D eigenvalue weighted by atomic mass is 9.85. The van der Waals surface area contributed by atoms with Gasteiger partial charge in [0.25, 0.3) is 0 Å². The largest absolute Gasteiger partial charge is 0.369 e. The average Bonchev–Trinajstić information content (AvgIpc) is 2.85. The van der Waals surface area contributed by atoms with Gasteiger partial charge >= 0.3 is 0 Å². The Balaban J connectivity index is 1.84. The van der Waals surface area contributed by atoms with Crippen LogP contribution in [-0.2, 0) is 9.59 Å². The van der Waals surface area contributed by atoms with Crippen LogP contribution in [0.15, 0.2) is 4.21 Å². The SMILES string of the molecule is Cc1nc(NC(=O)CC(C)C2CCCNC2)sc1SCC(N)=O. The Morgan fingerprint density at radius 1 is 1.57 bits per heavy atom. The number of primary amides is 1. The van der Waals surface area contributed by atoms with E-state index in [1.165, 1.54) is 35.9 Å². The van der Waals surface area contributed by atoms with Crippen LogP contribution >= 0.6 is 23.1 Å². The van der Waals surface area contributed by atoms with Crippen molar-refractivity contribution in [2.24, 2.45) is 17.6 Å². The lowest BCUT2D eigenvalue weighted by Crippen LogP contribution is -2.34. The first-order valence-corrected chi connectivity index (χ1v) is 9.65. The van der Waals surface area contributed by atoms with E-state index < -0.39 is 0 Å². The Labute approximate surface area is 145 Å². The van der Waals surface area contributed by atoms with Gasteiger partial charge in [-0.3, -0.25) is 9.59 Å². The average molecular weight is 357 g/mol. The fourth-order valence-corrected chi connectivity index (χ4v) is 4.59. The summed E-state index contributed by atoms with van der Waals surface area (Å²) in [6, 6.07) is 0. The van der Waals surface area contributed by atoms with E-state index in [1.807, 2.05) is 6.92 Å². The molecule has 2 atom stereocenters. The summed E-state index contributed by atoms with van der Waals surface area (Å²) in [5.41, 5.74) is 5.97. The van der Waals surface area contributed by atoms with Crippen molar-refractivity contribution in [3.63, 3.8) is 0 Å². The molecule has 0 aromatic carbocycles. The van der Waals surface area contributed by atoms with Crippen LogP contribution in [0.3, 0.4) is 0 Å². The number of aryl methyl sites for hydroxylation is 1. The Bertz CT molecular complexity index is 556. The van der Waals surface area contributed by atoms with Gasteiger partial charge in [0, 0.05) is 6.42 Å². The molecule has 1 aromatic rings. The molecule has 0 spiro atoms. The number of nitrogens with one attached hydrogen (secondary N) is 2. The minimum absolute atomic E-state index is 0.00303. The standard InChI is InChI=1S/C15H24N4O2S2/c1-9(11-4-3-5-17-7-11)6-13(21)19-15-18-10(2)14(23-15)22-8-12(16)20/h9,11,17H,3-8H2,1-2H3,(H2,16,20)(H,18,19,21). The summed E-state index contributed by atoms with van der Waals surface area (Å²) in [7, 11) is 0. The van der Waals surface area contributed by atoms with E-state index in [0.29, 0.717) is 23.4 Å². The van der Waals surface area contributed by atoms with E-state index in [4.69, 9.17) is 5.73 Å². The van der Waals surface area contributed by atoms with Crippen molar-refractivity contribution in [1.29, 1.82) is 0 Å². The summed E-state index contributed by atoms with van der Waals surface area (Å²) in [5.74, 6) is 0.788. The molecular weight excluding hydrogens is 332 g/mol. The predicted molar refractivity (Wildman–Crippen MR) is 94.8 cm³/mol. The van der Waals surface area contributed by atoms with Gasteiger partial charge in [-0.15, -0.1) is 11.8 Å². The number of hydrogen-bond donors (Lipinski definition) is 3. The fourth-order valence-electron chi connectivity index (χ4n) is 2.70. The number of aromatic nitrogens is 1. The van der Waals surface area contributed by atoms with Gasteiger partial charge in [-0.25, -0.2) is 4.98 Å². The third-order valence-electron chi connectivity index (χ3n) is 3.99. The number of nitrogens with two attached hydrogens (primary N) is 1. The fraction of sp³-hybridized carbons (Fsp3) is 0.667. The number of piperidine rings is 1. The van der Waals surface area contributed by atoms with Crippen LogP contribution in [0.5, 0.6) is 0 Å². The molecule has 8 heteroatoms. The predicted octanol–water partition coefficient (Wildman–Crippen LogP) is 1.99. The van der Waals surface area contributed by atoms with Crippen LogP contribution < -0.4 is 16.4 Å². The maximum Gasteiger partial charge on any atom is 0.227 e. The number of thiazole rings is 1. The van der Waals surface area contributed by atoms with Gasteiger partial charge in [0.2, 0.25) is 11.8 Å². The second-order valence-electron chi connectivity index (χ2n) is 5.98. The van der Waals surface area contributed by atoms with Crippen molar-refractivity contribution in [1.82, 2.24) is 10.3 Å². The van der Waals surface area contributed by atoms with Gasteiger partial charge in [0.1, 0.15) is 0 Å². The highest BCUT2D eigenvalue weighted by Crippen LogP contribution is 2.32. The zero-order valence-electron chi connectivity index (χ0n) is 13.6. The number of amides is 2. The normalized spacial score (nSPS) is 19.3. The second-order valence-corrected chi connectivity index (χ2v) is 8.23. The number of carbonyl (C=O) groups is 2. The van der Waals surface area contributed by atoms with Crippen LogP contribution in [0, 0.1) is 18.8 Å². The monoisotopic (exact) mass is 356 g/mol. The highest BCUT2D eigenvalue weighted by Gasteiger charge is 2.22. The Hall–Kier alpha value is -1.12. The molecule has 0 saturated carbocycles. The van der Waals surface area contributed by atoms with Gasteiger partial charge in [0.05, 0.1) is 15.7 Å². The first-order valence-electron chi connectivity index (χ1n) is 7.84. The Morgan fingerprint density at radius 3 is 3.00 bits per heavy atom. The molecule has 2 amide bonds. The number of carbonyl (C=O) groups excluding carboxylic acids is 2. The van der Waals surface area contributed by atoms with Crippen molar-refractivity contribution < 1.29 is 9.59 Å². The summed E-state index contributed by atoms with van der Waals surface area (Å²) < 4.78 is 0.920. The number of nitrogens with zero attached hydrogens (tertiary/aromatic N) is 1. The van der Waals surface area contributed by atoms with Gasteiger partial charge < -0.3 is 16.4 Å². The smallest absolute Gasteiger partial charge is 0.227 e. The number of anilines is 1. The molecule has 6 nitrogen and oxygen atoms in total. The van der Waals surface area contributed by atoms with E-state index >= 15 is 0 Å². The van der Waals surface area contributed by atoms with E-state index in [2.05, 4.69) is 22.5 Å². The lowest BCUT2D eigenvalue weighted by Gasteiger charge is -2.27. The van der Waals surface area contributed by atoms with Crippen LogP contribution in [0.25, 0.3) is 0 Å². The summed E-state index contributed by atoms with van der Waals surface area (Å²) in [6.45, 7) is 6.09. The van der Waals surface area contributed by atoms with E-state index in [0.717, 1.165) is 23.0 Å². The molecule has 4 N–H and O–H groups in total. The highest BCUT2D eigenvalue weighted by atomic mass is 32.2. The highest BCUT2D eigenvalue weighted by molar-refractivity contribution is 8.01. The van der Waals surface area contributed by atoms with E-state index in [1.54, 1.807) is 0 Å². The quantitative estimate of drug-likeness (QED) is 0.649. The van der Waals surface area contributed by atoms with Gasteiger partial charge in [-0.2, -0.15) is 0 Å². The molecule has 1 aliphatic heterocycles. The molecule has 0 aliphatic carbocycles. The van der Waals surface area contributed by atoms with Crippen LogP contribution in [-0.4, -0.2) is 35.6 Å². The van der Waals surface area contributed by atoms with Crippen LogP contribution in [0.1, 0.15) is 31.9 Å². The van der Waals surface area contributed by atoms with Crippen molar-refractivity contribution in [2.75, 3.05) is 24.2 Å². The summed E-state index contributed by atoms with van der Waals surface area (Å²) in [6.07, 6.45) is 2.88. The van der Waals surface area contributed by atoms with Crippen molar-refractivity contribution in [2.45, 2.75) is 37.3 Å². The molecule has 128 valence electrons. The van der Waals surface area contributed by atoms with Gasteiger partial charge in [0.15, 0.2) is 5.13 Å². The molecule has 2 rings (SSSR count). The second kappa shape index (κ2) is 8.65. The van der Waals surface area contributed by atoms with Gasteiger partial charge in [-0.1, -0.05) is 18.3 Å². The third-order valence-corrected chi connectivity index (χ3v) is 6.45. The first kappa shape index (κ1) is 18.2. The molecule has 2 unspecified atom stereocenters. The Morgan fingerprint density at radius 2 is 2.35 bits per heavy atom. The van der Waals surface area contributed by atoms with Crippen LogP contribution in [0.2, 0.25) is 0 Å². The summed E-state index contributed by atoms with van der Waals surface area (Å²) in [4.78, 5) is 27.4. The molecule has 1 aliphatic rings. The van der Waals surface area contributed by atoms with Crippen molar-refractivity contribution >= 4 is 40.0 Å². The Kier molecular flexibility index (Phi) is 6.86. The third kappa shape index (κ3) is 5.78.